The van der Waals surface area contributed by atoms with Gasteiger partial charge in [-0.15, -0.1) is 10.2 Å². The molecule has 0 spiro atoms. The molecule has 2 aromatic carbocycles. The molecule has 1 saturated carbocycles. The lowest BCUT2D eigenvalue weighted by Gasteiger charge is -2.11. The van der Waals surface area contributed by atoms with E-state index in [4.69, 9.17) is 0 Å². The SMILES string of the molecule is Cc1ccc(C)c(CSc2nnc(C3CC3)n2-c2ccccc2)c1. The van der Waals surface area contributed by atoms with Crippen molar-refractivity contribution in [1.82, 2.24) is 14.8 Å². The largest absolute Gasteiger partial charge is 0.274 e. The second-order valence-corrected chi connectivity index (χ2v) is 7.45. The number of rotatable bonds is 5. The van der Waals surface area contributed by atoms with Gasteiger partial charge < -0.3 is 0 Å². The van der Waals surface area contributed by atoms with Crippen molar-refractivity contribution in [3.05, 3.63) is 71.0 Å². The molecule has 1 heterocycles. The normalized spacial score (nSPS) is 14.1. The van der Waals surface area contributed by atoms with Crippen LogP contribution in [0.4, 0.5) is 0 Å². The van der Waals surface area contributed by atoms with Crippen molar-refractivity contribution in [2.75, 3.05) is 0 Å². The molecule has 1 fully saturated rings. The highest BCUT2D eigenvalue weighted by atomic mass is 32.2. The molecule has 4 rings (SSSR count). The molecule has 3 aromatic rings. The topological polar surface area (TPSA) is 30.7 Å². The Labute approximate surface area is 147 Å². The lowest BCUT2D eigenvalue weighted by atomic mass is 10.1. The maximum absolute atomic E-state index is 4.50. The van der Waals surface area contributed by atoms with Crippen LogP contribution in [0.15, 0.2) is 53.7 Å². The molecule has 0 N–H and O–H groups in total. The Morgan fingerprint density at radius 2 is 1.83 bits per heavy atom. The smallest absolute Gasteiger partial charge is 0.196 e. The summed E-state index contributed by atoms with van der Waals surface area (Å²) in [6.07, 6.45) is 2.46. The highest BCUT2D eigenvalue weighted by molar-refractivity contribution is 7.98. The number of nitrogens with zero attached hydrogens (tertiary/aromatic N) is 3. The zero-order valence-corrected chi connectivity index (χ0v) is 14.9. The molecule has 0 aliphatic heterocycles. The Kier molecular flexibility index (Phi) is 4.15. The molecule has 122 valence electrons. The van der Waals surface area contributed by atoms with Gasteiger partial charge in [0.2, 0.25) is 0 Å². The highest BCUT2D eigenvalue weighted by Crippen LogP contribution is 2.41. The van der Waals surface area contributed by atoms with Crippen molar-refractivity contribution in [2.24, 2.45) is 0 Å². The Bertz CT molecular complexity index is 851. The van der Waals surface area contributed by atoms with E-state index in [-0.39, 0.29) is 0 Å². The van der Waals surface area contributed by atoms with Gasteiger partial charge >= 0.3 is 0 Å². The lowest BCUT2D eigenvalue weighted by Crippen LogP contribution is -2.01. The number of aromatic nitrogens is 3. The summed E-state index contributed by atoms with van der Waals surface area (Å²) < 4.78 is 2.24. The van der Waals surface area contributed by atoms with Gasteiger partial charge in [0, 0.05) is 17.4 Å². The first kappa shape index (κ1) is 15.5. The predicted octanol–water partition coefficient (Wildman–Crippen LogP) is 5.05. The summed E-state index contributed by atoms with van der Waals surface area (Å²) in [6.45, 7) is 4.32. The quantitative estimate of drug-likeness (QED) is 0.611. The van der Waals surface area contributed by atoms with Gasteiger partial charge in [0.15, 0.2) is 5.16 Å². The minimum Gasteiger partial charge on any atom is -0.274 e. The van der Waals surface area contributed by atoms with E-state index >= 15 is 0 Å². The van der Waals surface area contributed by atoms with Crippen LogP contribution in [-0.4, -0.2) is 14.8 Å². The van der Waals surface area contributed by atoms with E-state index < -0.39 is 0 Å². The number of para-hydroxylation sites is 1. The summed E-state index contributed by atoms with van der Waals surface area (Å²) in [7, 11) is 0. The van der Waals surface area contributed by atoms with Crippen LogP contribution < -0.4 is 0 Å². The van der Waals surface area contributed by atoms with Gasteiger partial charge in [-0.05, 0) is 49.9 Å². The fraction of sp³-hybridized carbons (Fsp3) is 0.300. The van der Waals surface area contributed by atoms with Gasteiger partial charge in [0.1, 0.15) is 5.82 Å². The fourth-order valence-electron chi connectivity index (χ4n) is 2.90. The van der Waals surface area contributed by atoms with E-state index in [1.807, 2.05) is 6.07 Å². The number of thioether (sulfide) groups is 1. The minimum absolute atomic E-state index is 0.577. The average Bonchev–Trinajstić information content (AvgIpc) is 3.36. The van der Waals surface area contributed by atoms with Gasteiger partial charge in [0.25, 0.3) is 0 Å². The third-order valence-electron chi connectivity index (χ3n) is 4.48. The zero-order valence-electron chi connectivity index (χ0n) is 14.1. The van der Waals surface area contributed by atoms with Crippen molar-refractivity contribution in [3.63, 3.8) is 0 Å². The highest BCUT2D eigenvalue weighted by Gasteiger charge is 2.31. The molecule has 0 atom stereocenters. The summed E-state index contributed by atoms with van der Waals surface area (Å²) in [5, 5.41) is 9.99. The van der Waals surface area contributed by atoms with E-state index in [1.165, 1.54) is 29.5 Å². The van der Waals surface area contributed by atoms with Crippen molar-refractivity contribution in [3.8, 4) is 5.69 Å². The standard InChI is InChI=1S/C20H21N3S/c1-14-8-9-15(2)17(12-14)13-24-20-22-21-19(16-10-11-16)23(20)18-6-4-3-5-7-18/h3-9,12,16H,10-11,13H2,1-2H3. The summed E-state index contributed by atoms with van der Waals surface area (Å²) in [6, 6.07) is 17.1. The molecule has 24 heavy (non-hydrogen) atoms. The molecule has 0 radical (unpaired) electrons. The molecule has 1 aromatic heterocycles. The van der Waals surface area contributed by atoms with Gasteiger partial charge in [-0.25, -0.2) is 0 Å². The third-order valence-corrected chi connectivity index (χ3v) is 5.45. The molecule has 3 nitrogen and oxygen atoms in total. The van der Waals surface area contributed by atoms with Crippen molar-refractivity contribution >= 4 is 11.8 Å². The molecule has 0 unspecified atom stereocenters. The van der Waals surface area contributed by atoms with Crippen LogP contribution >= 0.6 is 11.8 Å². The third kappa shape index (κ3) is 3.11. The van der Waals surface area contributed by atoms with E-state index in [0.717, 1.165) is 22.4 Å². The second kappa shape index (κ2) is 6.44. The maximum Gasteiger partial charge on any atom is 0.196 e. The van der Waals surface area contributed by atoms with E-state index in [1.54, 1.807) is 11.8 Å². The number of benzene rings is 2. The van der Waals surface area contributed by atoms with Crippen LogP contribution in [0.5, 0.6) is 0 Å². The monoisotopic (exact) mass is 335 g/mol. The molecule has 4 heteroatoms. The van der Waals surface area contributed by atoms with Crippen LogP contribution in [-0.2, 0) is 5.75 Å². The van der Waals surface area contributed by atoms with Gasteiger partial charge in [-0.1, -0.05) is 53.7 Å². The summed E-state index contributed by atoms with van der Waals surface area (Å²) in [5.41, 5.74) is 5.17. The Balaban J connectivity index is 1.65. The summed E-state index contributed by atoms with van der Waals surface area (Å²) >= 11 is 1.77. The first-order chi connectivity index (χ1) is 11.7. The van der Waals surface area contributed by atoms with E-state index in [9.17, 15) is 0 Å². The Morgan fingerprint density at radius 1 is 1.04 bits per heavy atom. The Hall–Kier alpha value is -2.07. The van der Waals surface area contributed by atoms with Crippen LogP contribution in [0.3, 0.4) is 0 Å². The molecule has 0 bridgehead atoms. The van der Waals surface area contributed by atoms with Crippen molar-refractivity contribution in [2.45, 2.75) is 43.5 Å². The van der Waals surface area contributed by atoms with Crippen LogP contribution in [0.2, 0.25) is 0 Å². The second-order valence-electron chi connectivity index (χ2n) is 6.50. The van der Waals surface area contributed by atoms with Crippen molar-refractivity contribution in [1.29, 1.82) is 0 Å². The Morgan fingerprint density at radius 3 is 2.58 bits per heavy atom. The van der Waals surface area contributed by atoms with Gasteiger partial charge in [0.05, 0.1) is 0 Å². The lowest BCUT2D eigenvalue weighted by molar-refractivity contribution is 0.829. The van der Waals surface area contributed by atoms with E-state index in [0.29, 0.717) is 5.92 Å². The first-order valence-electron chi connectivity index (χ1n) is 8.42. The molecule has 0 saturated heterocycles. The molecule has 1 aliphatic rings. The number of hydrogen-bond acceptors (Lipinski definition) is 3. The van der Waals surface area contributed by atoms with Gasteiger partial charge in [-0.2, -0.15) is 0 Å². The molecule has 1 aliphatic carbocycles. The maximum atomic E-state index is 4.50. The fourth-order valence-corrected chi connectivity index (χ4v) is 3.92. The minimum atomic E-state index is 0.577. The molecular weight excluding hydrogens is 314 g/mol. The zero-order chi connectivity index (χ0) is 16.5. The number of aryl methyl sites for hydroxylation is 2. The van der Waals surface area contributed by atoms with E-state index in [2.05, 4.69) is 71.1 Å². The molecular formula is C20H21N3S. The van der Waals surface area contributed by atoms with Crippen LogP contribution in [0.1, 0.15) is 41.3 Å². The number of hydrogen-bond donors (Lipinski definition) is 0. The predicted molar refractivity (Wildman–Crippen MR) is 98.8 cm³/mol. The van der Waals surface area contributed by atoms with Gasteiger partial charge in [-0.3, -0.25) is 4.57 Å². The first-order valence-corrected chi connectivity index (χ1v) is 9.40. The summed E-state index contributed by atoms with van der Waals surface area (Å²) in [4.78, 5) is 0. The summed E-state index contributed by atoms with van der Waals surface area (Å²) in [5.74, 6) is 2.61. The van der Waals surface area contributed by atoms with Crippen molar-refractivity contribution < 1.29 is 0 Å². The van der Waals surface area contributed by atoms with Crippen LogP contribution in [0, 0.1) is 13.8 Å². The molecule has 0 amide bonds. The van der Waals surface area contributed by atoms with Crippen LogP contribution in [0.25, 0.3) is 5.69 Å². The average molecular weight is 335 g/mol.